The lowest BCUT2D eigenvalue weighted by Gasteiger charge is -2.13. The van der Waals surface area contributed by atoms with Crippen LogP contribution in [-0.4, -0.2) is 45.5 Å². The van der Waals surface area contributed by atoms with Crippen LogP contribution in [0.2, 0.25) is 5.02 Å². The van der Waals surface area contributed by atoms with Gasteiger partial charge in [0, 0.05) is 11.3 Å². The Morgan fingerprint density at radius 1 is 0.956 bits per heavy atom. The number of aromatic nitrogens is 3. The molecule has 0 aliphatic heterocycles. The van der Waals surface area contributed by atoms with Crippen LogP contribution in [-0.2, 0) is 17.5 Å². The molecule has 1 aromatic heterocycles. The van der Waals surface area contributed by atoms with Crippen molar-refractivity contribution in [2.24, 2.45) is 0 Å². The number of rotatable bonds is 14. The second-order valence-corrected chi connectivity index (χ2v) is 10.9. The van der Waals surface area contributed by atoms with E-state index in [-0.39, 0.29) is 28.9 Å². The van der Waals surface area contributed by atoms with Gasteiger partial charge in [0.05, 0.1) is 41.8 Å². The minimum absolute atomic E-state index is 0.0143. The maximum absolute atomic E-state index is 13.1. The highest BCUT2D eigenvalue weighted by molar-refractivity contribution is 7.99. The maximum Gasteiger partial charge on any atom is 0.416 e. The summed E-state index contributed by atoms with van der Waals surface area (Å²) in [4.78, 5) is 25.6. The van der Waals surface area contributed by atoms with Gasteiger partial charge >= 0.3 is 6.18 Å². The second kappa shape index (κ2) is 15.7. The summed E-state index contributed by atoms with van der Waals surface area (Å²) in [5, 5.41) is 14.0. The number of benzene rings is 3. The molecule has 0 saturated heterocycles. The van der Waals surface area contributed by atoms with E-state index >= 15 is 0 Å². The van der Waals surface area contributed by atoms with E-state index in [4.69, 9.17) is 21.1 Å². The topological polar surface area (TPSA) is 107 Å². The Balaban J connectivity index is 1.48. The number of ether oxygens (including phenoxy) is 2. The fourth-order valence-corrected chi connectivity index (χ4v) is 4.97. The van der Waals surface area contributed by atoms with E-state index in [1.807, 2.05) is 6.92 Å². The largest absolute Gasteiger partial charge is 0.494 e. The fourth-order valence-electron chi connectivity index (χ4n) is 4.04. The quantitative estimate of drug-likeness (QED) is 0.109. The van der Waals surface area contributed by atoms with E-state index in [9.17, 15) is 22.8 Å². The van der Waals surface area contributed by atoms with Gasteiger partial charge in [-0.15, -0.1) is 10.2 Å². The van der Waals surface area contributed by atoms with Gasteiger partial charge in [-0.05, 0) is 80.1 Å². The van der Waals surface area contributed by atoms with E-state index in [2.05, 4.69) is 27.8 Å². The number of anilines is 1. The van der Waals surface area contributed by atoms with E-state index in [1.54, 1.807) is 53.1 Å². The number of alkyl halides is 3. The predicted molar refractivity (Wildman–Crippen MR) is 166 cm³/mol. The average Bonchev–Trinajstić information content (AvgIpc) is 3.43. The molecule has 4 aromatic rings. The van der Waals surface area contributed by atoms with Crippen molar-refractivity contribution < 1.29 is 32.2 Å². The molecular formula is C31H31ClF3N5O4S. The molecule has 45 heavy (non-hydrogen) atoms. The average molecular weight is 662 g/mol. The van der Waals surface area contributed by atoms with E-state index in [0.717, 1.165) is 42.8 Å². The summed E-state index contributed by atoms with van der Waals surface area (Å²) < 4.78 is 52.3. The van der Waals surface area contributed by atoms with Crippen molar-refractivity contribution in [2.45, 2.75) is 44.6 Å². The number of carbonyl (C=O) groups is 2. The number of hydrogen-bond donors (Lipinski definition) is 2. The third kappa shape index (κ3) is 9.38. The summed E-state index contributed by atoms with van der Waals surface area (Å²) in [6.07, 6.45) is -2.64. The van der Waals surface area contributed by atoms with Crippen molar-refractivity contribution in [1.29, 1.82) is 0 Å². The molecule has 0 unspecified atom stereocenters. The van der Waals surface area contributed by atoms with E-state index < -0.39 is 17.6 Å². The van der Waals surface area contributed by atoms with Gasteiger partial charge < -0.3 is 20.1 Å². The molecule has 0 bridgehead atoms. The van der Waals surface area contributed by atoms with Crippen molar-refractivity contribution in [2.75, 3.05) is 24.3 Å². The molecule has 2 amide bonds. The van der Waals surface area contributed by atoms with Crippen LogP contribution in [0.4, 0.5) is 18.9 Å². The van der Waals surface area contributed by atoms with Crippen LogP contribution in [0.1, 0.15) is 48.4 Å². The van der Waals surface area contributed by atoms with Crippen molar-refractivity contribution in [3.05, 3.63) is 88.7 Å². The lowest BCUT2D eigenvalue weighted by molar-refractivity contribution is -0.137. The molecule has 1 heterocycles. The van der Waals surface area contributed by atoms with Crippen LogP contribution in [0.5, 0.6) is 11.5 Å². The van der Waals surface area contributed by atoms with Crippen LogP contribution < -0.4 is 20.1 Å². The molecule has 0 fully saturated rings. The molecule has 0 aliphatic carbocycles. The Bertz CT molecular complexity index is 1600. The zero-order valence-corrected chi connectivity index (χ0v) is 26.1. The number of hydrogen-bond acceptors (Lipinski definition) is 7. The Labute approximate surface area is 267 Å². The third-order valence-corrected chi connectivity index (χ3v) is 7.56. The molecule has 0 atom stereocenters. The Hall–Kier alpha value is -4.23. The number of unbranched alkanes of at least 4 members (excludes halogenated alkanes) is 1. The summed E-state index contributed by atoms with van der Waals surface area (Å²) in [5.74, 6) is 0.577. The van der Waals surface area contributed by atoms with Crippen LogP contribution >= 0.6 is 23.4 Å². The molecular weight excluding hydrogens is 631 g/mol. The predicted octanol–water partition coefficient (Wildman–Crippen LogP) is 7.18. The highest BCUT2D eigenvalue weighted by atomic mass is 35.5. The van der Waals surface area contributed by atoms with Crippen molar-refractivity contribution in [3.8, 4) is 17.2 Å². The molecule has 0 saturated carbocycles. The summed E-state index contributed by atoms with van der Waals surface area (Å²) in [6, 6.07) is 16.6. The number of carbonyl (C=O) groups excluding carboxylic acids is 2. The number of thioether (sulfide) groups is 1. The first-order valence-corrected chi connectivity index (χ1v) is 15.4. The third-order valence-electron chi connectivity index (χ3n) is 6.30. The standard InChI is InChI=1S/C31H31ClF3N5O4S/c1-3-5-16-44-24-11-6-20(7-12-24)29(42)36-18-27-38-39-30(40(27)22-9-13-23(14-10-22)43-4-2)45-19-28(41)37-26-17-21(31(33,34)35)8-15-25(26)32/h6-15,17H,3-5,16,18-19H2,1-2H3,(H,36,42)(H,37,41). The van der Waals surface area contributed by atoms with Crippen molar-refractivity contribution >= 4 is 40.9 Å². The van der Waals surface area contributed by atoms with Gasteiger partial charge in [-0.2, -0.15) is 13.2 Å². The van der Waals surface area contributed by atoms with Crippen LogP contribution in [0.15, 0.2) is 71.9 Å². The first-order valence-electron chi connectivity index (χ1n) is 14.1. The first kappa shape index (κ1) is 33.7. The first-order chi connectivity index (χ1) is 21.6. The molecule has 0 spiro atoms. The molecule has 14 heteroatoms. The Kier molecular flexibility index (Phi) is 11.7. The molecule has 4 rings (SSSR count). The summed E-state index contributed by atoms with van der Waals surface area (Å²) in [5.41, 5.74) is -0.0170. The van der Waals surface area contributed by atoms with Gasteiger partial charge in [-0.25, -0.2) is 0 Å². The van der Waals surface area contributed by atoms with Gasteiger partial charge in [0.2, 0.25) is 5.91 Å². The molecule has 3 aromatic carbocycles. The zero-order valence-electron chi connectivity index (χ0n) is 24.5. The molecule has 0 aliphatic rings. The summed E-state index contributed by atoms with van der Waals surface area (Å²) in [7, 11) is 0. The normalized spacial score (nSPS) is 11.2. The monoisotopic (exact) mass is 661 g/mol. The lowest BCUT2D eigenvalue weighted by Crippen LogP contribution is -2.24. The van der Waals surface area contributed by atoms with Gasteiger partial charge in [0.15, 0.2) is 11.0 Å². The van der Waals surface area contributed by atoms with E-state index in [1.165, 1.54) is 0 Å². The van der Waals surface area contributed by atoms with Gasteiger partial charge in [-0.1, -0.05) is 36.7 Å². The van der Waals surface area contributed by atoms with Crippen LogP contribution in [0.3, 0.4) is 0 Å². The second-order valence-electron chi connectivity index (χ2n) is 9.60. The Morgan fingerprint density at radius 2 is 1.64 bits per heavy atom. The number of halogens is 4. The minimum atomic E-state index is -4.59. The lowest BCUT2D eigenvalue weighted by atomic mass is 10.2. The highest BCUT2D eigenvalue weighted by Gasteiger charge is 2.31. The van der Waals surface area contributed by atoms with Crippen LogP contribution in [0.25, 0.3) is 5.69 Å². The highest BCUT2D eigenvalue weighted by Crippen LogP contribution is 2.34. The van der Waals surface area contributed by atoms with Crippen LogP contribution in [0, 0.1) is 0 Å². The smallest absolute Gasteiger partial charge is 0.416 e. The molecule has 238 valence electrons. The maximum atomic E-state index is 13.1. The van der Waals surface area contributed by atoms with Crippen molar-refractivity contribution in [3.63, 3.8) is 0 Å². The van der Waals surface area contributed by atoms with Gasteiger partial charge in [0.25, 0.3) is 5.91 Å². The number of nitrogens with one attached hydrogen (secondary N) is 2. The number of nitrogens with zero attached hydrogens (tertiary/aromatic N) is 3. The summed E-state index contributed by atoms with van der Waals surface area (Å²) in [6.45, 7) is 5.05. The van der Waals surface area contributed by atoms with E-state index in [0.29, 0.717) is 46.9 Å². The molecule has 2 N–H and O–H groups in total. The van der Waals surface area contributed by atoms with Crippen molar-refractivity contribution in [1.82, 2.24) is 20.1 Å². The molecule has 0 radical (unpaired) electrons. The minimum Gasteiger partial charge on any atom is -0.494 e. The fraction of sp³-hybridized carbons (Fsp3) is 0.290. The SMILES string of the molecule is CCCCOc1ccc(C(=O)NCc2nnc(SCC(=O)Nc3cc(C(F)(F)F)ccc3Cl)n2-c2ccc(OCC)cc2)cc1. The number of amides is 2. The van der Waals surface area contributed by atoms with Gasteiger partial charge in [-0.3, -0.25) is 14.2 Å². The Morgan fingerprint density at radius 3 is 2.31 bits per heavy atom. The molecule has 9 nitrogen and oxygen atoms in total. The summed E-state index contributed by atoms with van der Waals surface area (Å²) >= 11 is 7.04. The zero-order chi connectivity index (χ0) is 32.4. The van der Waals surface area contributed by atoms with Gasteiger partial charge in [0.1, 0.15) is 11.5 Å².